The molecule has 0 aromatic rings. The van der Waals surface area contributed by atoms with E-state index in [9.17, 15) is 4.79 Å². The minimum Gasteiger partial charge on any atom is -0.381 e. The van der Waals surface area contributed by atoms with Crippen molar-refractivity contribution in [3.05, 3.63) is 0 Å². The van der Waals surface area contributed by atoms with Crippen molar-refractivity contribution in [1.29, 1.82) is 5.26 Å². The first kappa shape index (κ1) is 9.85. The molecule has 0 rings (SSSR count). The van der Waals surface area contributed by atoms with Gasteiger partial charge in [0, 0.05) is 14.1 Å². The van der Waals surface area contributed by atoms with Crippen molar-refractivity contribution in [3.63, 3.8) is 0 Å². The molecule has 1 unspecified atom stereocenters. The van der Waals surface area contributed by atoms with Crippen molar-refractivity contribution < 1.29 is 4.79 Å². The van der Waals surface area contributed by atoms with Crippen LogP contribution in [0.2, 0.25) is 0 Å². The number of carbonyl (C=O) groups excluding carboxylic acids is 1. The number of nitriles is 1. The van der Waals surface area contributed by atoms with Gasteiger partial charge in [-0.15, -0.1) is 0 Å². The number of carbonyl (C=O) groups is 1. The van der Waals surface area contributed by atoms with E-state index in [1.54, 1.807) is 13.1 Å². The largest absolute Gasteiger partial charge is 0.381 e. The molecule has 4 nitrogen and oxygen atoms in total. The summed E-state index contributed by atoms with van der Waals surface area (Å²) in [5.41, 5.74) is 0. The molecule has 11 heavy (non-hydrogen) atoms. The van der Waals surface area contributed by atoms with E-state index in [0.717, 1.165) is 0 Å². The lowest BCUT2D eigenvalue weighted by atomic mass is 10.1. The zero-order chi connectivity index (χ0) is 8.85. The smallest absolute Gasteiger partial charge is 0.244 e. The zero-order valence-corrected chi connectivity index (χ0v) is 7.16. The maximum Gasteiger partial charge on any atom is 0.244 e. The Hall–Kier alpha value is -1.15. The molecular weight excluding hydrogens is 162 g/mol. The van der Waals surface area contributed by atoms with E-state index < -0.39 is 5.92 Å². The van der Waals surface area contributed by atoms with Crippen LogP contribution in [0.1, 0.15) is 0 Å². The molecule has 1 atom stereocenters. The summed E-state index contributed by atoms with van der Waals surface area (Å²) in [4.78, 5) is 11.1. The van der Waals surface area contributed by atoms with Crippen LogP contribution in [0, 0.1) is 17.2 Å². The van der Waals surface area contributed by atoms with Gasteiger partial charge in [-0.2, -0.15) is 5.26 Å². The summed E-state index contributed by atoms with van der Waals surface area (Å²) in [5, 5.41) is 13.4. The van der Waals surface area contributed by atoms with E-state index in [2.05, 4.69) is 10.6 Å². The number of thiocarbonyl (C=S) groups is 1. The van der Waals surface area contributed by atoms with Crippen molar-refractivity contribution in [2.45, 2.75) is 0 Å². The van der Waals surface area contributed by atoms with Gasteiger partial charge in [0.1, 0.15) is 4.99 Å². The molecule has 0 bridgehead atoms. The molecule has 5 heteroatoms. The normalized spacial score (nSPS) is 11.0. The maximum absolute atomic E-state index is 10.9. The molecule has 2 N–H and O–H groups in total. The molecule has 0 saturated heterocycles. The Labute approximate surface area is 70.6 Å². The highest BCUT2D eigenvalue weighted by atomic mass is 32.1. The Morgan fingerprint density at radius 1 is 1.55 bits per heavy atom. The Bertz CT molecular complexity index is 192. The summed E-state index contributed by atoms with van der Waals surface area (Å²) >= 11 is 4.72. The van der Waals surface area contributed by atoms with E-state index in [0.29, 0.717) is 0 Å². The Balaban J connectivity index is 4.31. The number of hydrogen-bond donors (Lipinski definition) is 2. The number of hydrogen-bond acceptors (Lipinski definition) is 3. The number of nitrogens with one attached hydrogen (secondary N) is 2. The van der Waals surface area contributed by atoms with Crippen LogP contribution in [0.3, 0.4) is 0 Å². The van der Waals surface area contributed by atoms with Crippen molar-refractivity contribution in [2.75, 3.05) is 14.1 Å². The molecule has 0 aromatic carbocycles. The number of nitrogens with zero attached hydrogens (tertiary/aromatic N) is 1. The fourth-order valence-corrected chi connectivity index (χ4v) is 0.685. The van der Waals surface area contributed by atoms with Crippen molar-refractivity contribution in [3.8, 4) is 6.07 Å². The van der Waals surface area contributed by atoms with Gasteiger partial charge in [-0.3, -0.25) is 4.79 Å². The van der Waals surface area contributed by atoms with Crippen LogP contribution in [0.25, 0.3) is 0 Å². The van der Waals surface area contributed by atoms with Crippen LogP contribution >= 0.6 is 12.2 Å². The van der Waals surface area contributed by atoms with Gasteiger partial charge in [0.25, 0.3) is 0 Å². The van der Waals surface area contributed by atoms with Crippen LogP contribution in [0.4, 0.5) is 0 Å². The van der Waals surface area contributed by atoms with Crippen LogP contribution in [-0.2, 0) is 4.79 Å². The first-order valence-electron chi connectivity index (χ1n) is 3.00. The van der Waals surface area contributed by atoms with Gasteiger partial charge >= 0.3 is 0 Å². The van der Waals surface area contributed by atoms with E-state index in [1.165, 1.54) is 7.05 Å². The monoisotopic (exact) mass is 171 g/mol. The molecular formula is C6H9N3OS. The second-order valence-electron chi connectivity index (χ2n) is 1.79. The average Bonchev–Trinajstić information content (AvgIpc) is 2.05. The molecule has 0 aliphatic carbocycles. The summed E-state index contributed by atoms with van der Waals surface area (Å²) in [6, 6.07) is 1.79. The minimum absolute atomic E-state index is 0.242. The van der Waals surface area contributed by atoms with Gasteiger partial charge in [0.05, 0.1) is 6.07 Å². The first-order valence-corrected chi connectivity index (χ1v) is 3.41. The molecule has 0 radical (unpaired) electrons. The summed E-state index contributed by atoms with van der Waals surface area (Å²) in [6.45, 7) is 0. The molecule has 0 fully saturated rings. The molecule has 0 aliphatic rings. The minimum atomic E-state index is -0.875. The van der Waals surface area contributed by atoms with Crippen molar-refractivity contribution >= 4 is 23.1 Å². The molecule has 0 aromatic heterocycles. The van der Waals surface area contributed by atoms with E-state index in [1.807, 2.05) is 0 Å². The van der Waals surface area contributed by atoms with Gasteiger partial charge in [-0.1, -0.05) is 12.2 Å². The third-order valence-corrected chi connectivity index (χ3v) is 1.59. The van der Waals surface area contributed by atoms with Crippen LogP contribution in [-0.4, -0.2) is 25.0 Å². The lowest BCUT2D eigenvalue weighted by Gasteiger charge is -2.07. The summed E-state index contributed by atoms with van der Waals surface area (Å²) in [5.74, 6) is -1.26. The Morgan fingerprint density at radius 3 is 2.36 bits per heavy atom. The quantitative estimate of drug-likeness (QED) is 0.545. The first-order chi connectivity index (χ1) is 5.17. The zero-order valence-electron chi connectivity index (χ0n) is 6.34. The molecule has 0 spiro atoms. The molecule has 0 heterocycles. The van der Waals surface area contributed by atoms with Gasteiger partial charge in [-0.05, 0) is 0 Å². The van der Waals surface area contributed by atoms with Crippen LogP contribution in [0.15, 0.2) is 0 Å². The topological polar surface area (TPSA) is 64.9 Å². The van der Waals surface area contributed by atoms with Crippen LogP contribution < -0.4 is 10.6 Å². The van der Waals surface area contributed by atoms with Gasteiger partial charge in [-0.25, -0.2) is 0 Å². The second-order valence-corrected chi connectivity index (χ2v) is 2.23. The van der Waals surface area contributed by atoms with Gasteiger partial charge < -0.3 is 10.6 Å². The van der Waals surface area contributed by atoms with E-state index in [-0.39, 0.29) is 10.9 Å². The summed E-state index contributed by atoms with van der Waals surface area (Å²) < 4.78 is 0. The number of amides is 1. The van der Waals surface area contributed by atoms with E-state index in [4.69, 9.17) is 17.5 Å². The lowest BCUT2D eigenvalue weighted by molar-refractivity contribution is -0.121. The van der Waals surface area contributed by atoms with Crippen LogP contribution in [0.5, 0.6) is 0 Å². The highest BCUT2D eigenvalue weighted by Gasteiger charge is 2.19. The predicted molar refractivity (Wildman–Crippen MR) is 44.8 cm³/mol. The SMILES string of the molecule is CNC(=O)C(C#N)C(=S)NC. The van der Waals surface area contributed by atoms with E-state index >= 15 is 0 Å². The third kappa shape index (κ3) is 2.51. The molecule has 0 aliphatic heterocycles. The maximum atomic E-state index is 10.9. The fourth-order valence-electron chi connectivity index (χ4n) is 0.525. The Kier molecular flexibility index (Phi) is 4.15. The summed E-state index contributed by atoms with van der Waals surface area (Å²) in [6.07, 6.45) is 0. The summed E-state index contributed by atoms with van der Waals surface area (Å²) in [7, 11) is 3.04. The Morgan fingerprint density at radius 2 is 2.09 bits per heavy atom. The standard InChI is InChI=1S/C6H9N3OS/c1-8-5(10)4(3-7)6(11)9-2/h4H,1-2H3,(H,8,10)(H,9,11). The predicted octanol–water partition coefficient (Wildman–Crippen LogP) is -0.581. The molecule has 0 saturated carbocycles. The van der Waals surface area contributed by atoms with Crippen molar-refractivity contribution in [2.24, 2.45) is 5.92 Å². The highest BCUT2D eigenvalue weighted by molar-refractivity contribution is 7.80. The average molecular weight is 171 g/mol. The third-order valence-electron chi connectivity index (χ3n) is 1.15. The van der Waals surface area contributed by atoms with Crippen molar-refractivity contribution in [1.82, 2.24) is 10.6 Å². The number of rotatable bonds is 2. The lowest BCUT2D eigenvalue weighted by Crippen LogP contribution is -2.36. The van der Waals surface area contributed by atoms with Gasteiger partial charge in [0.2, 0.25) is 5.91 Å². The highest BCUT2D eigenvalue weighted by Crippen LogP contribution is 1.95. The molecule has 1 amide bonds. The van der Waals surface area contributed by atoms with Gasteiger partial charge in [0.15, 0.2) is 5.92 Å². The fraction of sp³-hybridized carbons (Fsp3) is 0.500. The molecule has 60 valence electrons. The second kappa shape index (κ2) is 4.63.